The molecule has 0 fully saturated rings. The van der Waals surface area contributed by atoms with E-state index in [9.17, 15) is 14.9 Å². The number of aromatic nitrogens is 1. The lowest BCUT2D eigenvalue weighted by Gasteiger charge is -1.79. The minimum absolute atomic E-state index is 0.262. The molecule has 0 aliphatic carbocycles. The molecule has 0 amide bonds. The second-order valence-corrected chi connectivity index (χ2v) is 2.58. The van der Waals surface area contributed by atoms with E-state index in [1.54, 1.807) is 0 Å². The smallest absolute Gasteiger partial charge is 0.365 e. The first-order valence-corrected chi connectivity index (χ1v) is 3.26. The number of thiazole rings is 1. The van der Waals surface area contributed by atoms with Gasteiger partial charge in [0, 0.05) is 0 Å². The highest BCUT2D eigenvalue weighted by Crippen LogP contribution is 2.20. The van der Waals surface area contributed by atoms with Gasteiger partial charge >= 0.3 is 11.0 Å². The molecule has 0 bridgehead atoms. The van der Waals surface area contributed by atoms with Crippen LogP contribution in [0.25, 0.3) is 0 Å². The summed E-state index contributed by atoms with van der Waals surface area (Å²) in [6, 6.07) is 0. The van der Waals surface area contributed by atoms with Crippen LogP contribution in [0.15, 0.2) is 6.20 Å². The number of carbonyl (C=O) groups is 1. The maximum absolute atomic E-state index is 10.2. The van der Waals surface area contributed by atoms with Crippen molar-refractivity contribution in [1.82, 2.24) is 4.98 Å². The molecule has 1 aromatic rings. The molecule has 0 aliphatic heterocycles. The molecule has 0 spiro atoms. The highest BCUT2D eigenvalue weighted by Gasteiger charge is 2.15. The third-order valence-corrected chi connectivity index (χ3v) is 1.79. The van der Waals surface area contributed by atoms with E-state index in [1.807, 2.05) is 0 Å². The number of carboxylic acid groups (broad SMARTS) is 1. The second kappa shape index (κ2) is 2.62. The van der Waals surface area contributed by atoms with Gasteiger partial charge in [0.05, 0.1) is 4.92 Å². The molecule has 0 unspecified atom stereocenters. The number of hydrogen-bond acceptors (Lipinski definition) is 5. The fraction of sp³-hybridized carbons (Fsp3) is 0. The Morgan fingerprint density at radius 1 is 1.82 bits per heavy atom. The van der Waals surface area contributed by atoms with Gasteiger partial charge in [-0.3, -0.25) is 10.1 Å². The van der Waals surface area contributed by atoms with E-state index in [2.05, 4.69) is 4.98 Å². The van der Waals surface area contributed by atoms with Crippen LogP contribution in [0.5, 0.6) is 0 Å². The van der Waals surface area contributed by atoms with Crippen LogP contribution >= 0.6 is 11.3 Å². The lowest BCUT2D eigenvalue weighted by molar-refractivity contribution is -0.380. The van der Waals surface area contributed by atoms with Crippen molar-refractivity contribution >= 4 is 22.3 Å². The summed E-state index contributed by atoms with van der Waals surface area (Å²) in [5.74, 6) is -1.25. The molecule has 0 radical (unpaired) electrons. The fourth-order valence-electron chi connectivity index (χ4n) is 0.449. The summed E-state index contributed by atoms with van der Waals surface area (Å²) in [6.45, 7) is 0. The van der Waals surface area contributed by atoms with Crippen LogP contribution in [0.1, 0.15) is 9.80 Å². The monoisotopic (exact) mass is 174 g/mol. The molecule has 1 N–H and O–H groups in total. The predicted octanol–water partition coefficient (Wildman–Crippen LogP) is 0.749. The molecular weight excluding hydrogens is 172 g/mol. The van der Waals surface area contributed by atoms with E-state index in [0.717, 1.165) is 6.20 Å². The third kappa shape index (κ3) is 1.49. The van der Waals surface area contributed by atoms with Gasteiger partial charge < -0.3 is 5.11 Å². The van der Waals surface area contributed by atoms with Crippen LogP contribution in [-0.4, -0.2) is 21.0 Å². The van der Waals surface area contributed by atoms with Gasteiger partial charge in [-0.2, -0.15) is 0 Å². The van der Waals surface area contributed by atoms with Crippen LogP contribution in [-0.2, 0) is 0 Å². The maximum Gasteiger partial charge on any atom is 0.365 e. The van der Waals surface area contributed by atoms with Gasteiger partial charge in [-0.05, 0) is 11.3 Å². The molecule has 1 rings (SSSR count). The zero-order chi connectivity index (χ0) is 8.43. The predicted molar refractivity (Wildman–Crippen MR) is 35.7 cm³/mol. The number of carboxylic acids is 1. The average molecular weight is 174 g/mol. The molecule has 1 aromatic heterocycles. The van der Waals surface area contributed by atoms with Gasteiger partial charge in [-0.1, -0.05) is 0 Å². The van der Waals surface area contributed by atoms with Gasteiger partial charge in [0.1, 0.15) is 6.20 Å². The van der Waals surface area contributed by atoms with E-state index in [-0.39, 0.29) is 10.0 Å². The largest absolute Gasteiger partial charge is 0.476 e. The first kappa shape index (κ1) is 7.61. The number of hydrogen-bond donors (Lipinski definition) is 1. The fourth-order valence-corrected chi connectivity index (χ4v) is 1.02. The Morgan fingerprint density at radius 3 is 2.73 bits per heavy atom. The standard InChI is InChI=1S/C4H2N2O4S/c7-4(8)3-5-1-2(11-3)6(9)10/h1H,(H,7,8). The number of nitrogens with zero attached hydrogens (tertiary/aromatic N) is 2. The molecule has 7 heteroatoms. The summed E-state index contributed by atoms with van der Waals surface area (Å²) in [4.78, 5) is 22.8. The van der Waals surface area contributed by atoms with Gasteiger partial charge in [0.25, 0.3) is 0 Å². The normalized spacial score (nSPS) is 9.45. The zero-order valence-electron chi connectivity index (χ0n) is 5.05. The molecular formula is C4H2N2O4S. The Bertz CT molecular complexity index is 278. The molecule has 1 heterocycles. The van der Waals surface area contributed by atoms with Crippen molar-refractivity contribution in [3.05, 3.63) is 21.3 Å². The minimum Gasteiger partial charge on any atom is -0.476 e. The topological polar surface area (TPSA) is 93.3 Å². The van der Waals surface area contributed by atoms with Gasteiger partial charge in [-0.15, -0.1) is 0 Å². The minimum atomic E-state index is -1.25. The molecule has 0 aromatic carbocycles. The van der Waals surface area contributed by atoms with Gasteiger partial charge in [0.2, 0.25) is 5.01 Å². The van der Waals surface area contributed by atoms with Crippen molar-refractivity contribution < 1.29 is 14.8 Å². The summed E-state index contributed by atoms with van der Waals surface area (Å²) in [5.41, 5.74) is 0. The van der Waals surface area contributed by atoms with Crippen LogP contribution in [0.2, 0.25) is 0 Å². The highest BCUT2D eigenvalue weighted by atomic mass is 32.1. The van der Waals surface area contributed by atoms with Crippen molar-refractivity contribution in [2.45, 2.75) is 0 Å². The number of aromatic carboxylic acids is 1. The SMILES string of the molecule is O=C(O)c1ncc([N+](=O)[O-])s1. The Labute approximate surface area is 64.3 Å². The summed E-state index contributed by atoms with van der Waals surface area (Å²) < 4.78 is 0. The van der Waals surface area contributed by atoms with E-state index >= 15 is 0 Å². The molecule has 0 saturated carbocycles. The molecule has 0 aliphatic rings. The van der Waals surface area contributed by atoms with Crippen LogP contribution in [0, 0.1) is 10.1 Å². The summed E-state index contributed by atoms with van der Waals surface area (Å²) in [5, 5.41) is 17.8. The van der Waals surface area contributed by atoms with Crippen molar-refractivity contribution in [2.24, 2.45) is 0 Å². The molecule has 58 valence electrons. The van der Waals surface area contributed by atoms with Crippen molar-refractivity contribution in [3.8, 4) is 0 Å². The molecule has 11 heavy (non-hydrogen) atoms. The summed E-state index contributed by atoms with van der Waals surface area (Å²) in [6.07, 6.45) is 0.925. The third-order valence-electron chi connectivity index (χ3n) is 0.856. The molecule has 0 saturated heterocycles. The average Bonchev–Trinajstić information content (AvgIpc) is 2.33. The van der Waals surface area contributed by atoms with Crippen LogP contribution < -0.4 is 0 Å². The molecule has 0 atom stereocenters. The van der Waals surface area contributed by atoms with Crippen molar-refractivity contribution in [1.29, 1.82) is 0 Å². The zero-order valence-corrected chi connectivity index (χ0v) is 5.87. The van der Waals surface area contributed by atoms with Gasteiger partial charge in [-0.25, -0.2) is 9.78 Å². The lowest BCUT2D eigenvalue weighted by Crippen LogP contribution is -1.92. The summed E-state index contributed by atoms with van der Waals surface area (Å²) in [7, 11) is 0. The Balaban J connectivity index is 2.99. The van der Waals surface area contributed by atoms with Gasteiger partial charge in [0.15, 0.2) is 0 Å². The van der Waals surface area contributed by atoms with E-state index in [4.69, 9.17) is 5.11 Å². The maximum atomic E-state index is 10.2. The van der Waals surface area contributed by atoms with E-state index in [0.29, 0.717) is 11.3 Å². The van der Waals surface area contributed by atoms with Crippen LogP contribution in [0.4, 0.5) is 5.00 Å². The first-order chi connectivity index (χ1) is 5.11. The Kier molecular flexibility index (Phi) is 1.81. The quantitative estimate of drug-likeness (QED) is 0.527. The van der Waals surface area contributed by atoms with Crippen molar-refractivity contribution in [2.75, 3.05) is 0 Å². The summed E-state index contributed by atoms with van der Waals surface area (Å²) >= 11 is 0.539. The van der Waals surface area contributed by atoms with Crippen LogP contribution in [0.3, 0.4) is 0 Å². The Morgan fingerprint density at radius 2 is 2.45 bits per heavy atom. The highest BCUT2D eigenvalue weighted by molar-refractivity contribution is 7.16. The second-order valence-electron chi connectivity index (χ2n) is 1.57. The first-order valence-electron chi connectivity index (χ1n) is 2.45. The van der Waals surface area contributed by atoms with Crippen molar-refractivity contribution in [3.63, 3.8) is 0 Å². The number of rotatable bonds is 2. The van der Waals surface area contributed by atoms with E-state index in [1.165, 1.54) is 0 Å². The van der Waals surface area contributed by atoms with E-state index < -0.39 is 10.9 Å². The number of nitro groups is 1. The molecule has 6 nitrogen and oxygen atoms in total. The lowest BCUT2D eigenvalue weighted by atomic mass is 10.7. The Hall–Kier alpha value is -1.50.